The molecule has 2 amide bonds. The zero-order chi connectivity index (χ0) is 56.4. The third kappa shape index (κ3) is 23.6. The van der Waals surface area contributed by atoms with Gasteiger partial charge in [-0.3, -0.25) is 58.0 Å². The van der Waals surface area contributed by atoms with E-state index in [1.807, 2.05) is 9.80 Å². The van der Waals surface area contributed by atoms with Crippen LogP contribution < -0.4 is 0 Å². The van der Waals surface area contributed by atoms with Gasteiger partial charge in [-0.05, 0) is 136 Å². The first-order chi connectivity index (χ1) is 33.7. The Morgan fingerprint density at radius 1 is 0.405 bits per heavy atom. The lowest BCUT2D eigenvalue weighted by molar-refractivity contribution is -0.163. The SMILES string of the molecule is CC(C)(C)OC(=O)CN(CCN1CCN(CC(=O)OC(C)(C)C)C(=O)C1c1ccc(C2C(=O)N(CC(=O)OC(C)(C)C)CCN2CCN(CC(=O)OC(C)(C)C)CC(=O)OC(C)(C)C)cc1)CC(=O)OC(C)(C)C. The minimum Gasteiger partial charge on any atom is -0.459 e. The van der Waals surface area contributed by atoms with Crippen LogP contribution in [0.15, 0.2) is 24.3 Å². The number of esters is 6. The Morgan fingerprint density at radius 3 is 0.865 bits per heavy atom. The maximum absolute atomic E-state index is 14.7. The van der Waals surface area contributed by atoms with E-state index in [1.165, 1.54) is 9.80 Å². The zero-order valence-electron chi connectivity index (χ0n) is 47.8. The molecule has 0 N–H and O–H groups in total. The second-order valence-electron chi connectivity index (χ2n) is 25.0. The van der Waals surface area contributed by atoms with Gasteiger partial charge in [-0.25, -0.2) is 0 Å². The van der Waals surface area contributed by atoms with E-state index < -0.39 is 81.5 Å². The van der Waals surface area contributed by atoms with Crippen LogP contribution in [-0.4, -0.2) is 202 Å². The first kappa shape index (κ1) is 63.1. The number of carbonyl (C=O) groups excluding carboxylic acids is 8. The number of carbonyl (C=O) groups is 8. The molecule has 2 atom stereocenters. The van der Waals surface area contributed by atoms with E-state index in [-0.39, 0.29) is 90.4 Å². The molecule has 418 valence electrons. The number of amides is 2. The third-order valence-corrected chi connectivity index (χ3v) is 10.7. The largest absolute Gasteiger partial charge is 0.459 e. The Hall–Kier alpha value is -5.18. The third-order valence-electron chi connectivity index (χ3n) is 10.7. The summed E-state index contributed by atoms with van der Waals surface area (Å²) in [6, 6.07) is 5.10. The lowest BCUT2D eigenvalue weighted by Crippen LogP contribution is -2.55. The monoisotopic (exact) mass is 1040 g/mol. The summed E-state index contributed by atoms with van der Waals surface area (Å²) in [5.74, 6) is -4.07. The van der Waals surface area contributed by atoms with Crippen molar-refractivity contribution in [2.24, 2.45) is 0 Å². The first-order valence-electron chi connectivity index (χ1n) is 25.6. The summed E-state index contributed by atoms with van der Waals surface area (Å²) < 4.78 is 33.6. The van der Waals surface area contributed by atoms with Crippen LogP contribution in [0.25, 0.3) is 0 Å². The predicted molar refractivity (Wildman–Crippen MR) is 276 cm³/mol. The second kappa shape index (κ2) is 25.6. The van der Waals surface area contributed by atoms with E-state index in [1.54, 1.807) is 159 Å². The highest BCUT2D eigenvalue weighted by Crippen LogP contribution is 2.32. The smallest absolute Gasteiger partial charge is 0.326 e. The Kier molecular flexibility index (Phi) is 21.8. The second-order valence-corrected chi connectivity index (χ2v) is 25.0. The van der Waals surface area contributed by atoms with Crippen molar-refractivity contribution in [1.82, 2.24) is 29.4 Å². The van der Waals surface area contributed by atoms with Gasteiger partial charge in [-0.1, -0.05) is 24.3 Å². The molecule has 0 bridgehead atoms. The van der Waals surface area contributed by atoms with E-state index in [0.717, 1.165) is 0 Å². The molecule has 2 heterocycles. The van der Waals surface area contributed by atoms with Crippen molar-refractivity contribution in [3.8, 4) is 0 Å². The molecule has 20 nitrogen and oxygen atoms in total. The summed E-state index contributed by atoms with van der Waals surface area (Å²) in [5, 5.41) is 0. The van der Waals surface area contributed by atoms with E-state index in [9.17, 15) is 38.4 Å². The molecule has 1 aromatic rings. The van der Waals surface area contributed by atoms with Gasteiger partial charge in [-0.15, -0.1) is 0 Å². The molecule has 0 saturated carbocycles. The van der Waals surface area contributed by atoms with Gasteiger partial charge in [0.05, 0.1) is 26.2 Å². The molecule has 0 aromatic heterocycles. The lowest BCUT2D eigenvalue weighted by atomic mass is 9.95. The molecular weight excluding hydrogens is 957 g/mol. The summed E-state index contributed by atoms with van der Waals surface area (Å²) in [6.45, 7) is 31.7. The van der Waals surface area contributed by atoms with Gasteiger partial charge in [0, 0.05) is 52.4 Å². The van der Waals surface area contributed by atoms with Crippen LogP contribution in [0.3, 0.4) is 0 Å². The van der Waals surface area contributed by atoms with Crippen LogP contribution in [-0.2, 0) is 66.8 Å². The topological polar surface area (TPSA) is 211 Å². The average molecular weight is 1050 g/mol. The molecule has 2 aliphatic rings. The van der Waals surface area contributed by atoms with Crippen LogP contribution >= 0.6 is 0 Å². The molecule has 3 rings (SSSR count). The average Bonchev–Trinajstić information content (AvgIpc) is 3.16. The van der Waals surface area contributed by atoms with Gasteiger partial charge in [-0.2, -0.15) is 0 Å². The number of rotatable bonds is 20. The molecular formula is C54H88N6O14. The summed E-state index contributed by atoms with van der Waals surface area (Å²) in [5.41, 5.74) is -3.59. The van der Waals surface area contributed by atoms with E-state index >= 15 is 0 Å². The molecule has 74 heavy (non-hydrogen) atoms. The van der Waals surface area contributed by atoms with E-state index in [2.05, 4.69) is 0 Å². The van der Waals surface area contributed by atoms with Gasteiger partial charge < -0.3 is 38.2 Å². The normalized spacial score (nSPS) is 17.8. The summed E-state index contributed by atoms with van der Waals surface area (Å²) in [4.78, 5) is 118. The lowest BCUT2D eigenvalue weighted by Gasteiger charge is -2.42. The van der Waals surface area contributed by atoms with Gasteiger partial charge in [0.25, 0.3) is 0 Å². The number of hydrogen-bond acceptors (Lipinski definition) is 18. The maximum atomic E-state index is 14.7. The van der Waals surface area contributed by atoms with Crippen molar-refractivity contribution in [2.75, 3.05) is 91.6 Å². The number of benzene rings is 1. The Balaban J connectivity index is 2.07. The molecule has 2 fully saturated rings. The van der Waals surface area contributed by atoms with Crippen LogP contribution in [0.1, 0.15) is 148 Å². The van der Waals surface area contributed by atoms with Gasteiger partial charge in [0.15, 0.2) is 0 Å². The van der Waals surface area contributed by atoms with Crippen molar-refractivity contribution >= 4 is 47.6 Å². The molecule has 0 spiro atoms. The fourth-order valence-corrected chi connectivity index (χ4v) is 8.25. The molecule has 0 radical (unpaired) electrons. The fraction of sp³-hybridized carbons (Fsp3) is 0.741. The highest BCUT2D eigenvalue weighted by atomic mass is 16.6. The number of ether oxygens (including phenoxy) is 6. The first-order valence-corrected chi connectivity index (χ1v) is 25.6. The molecule has 0 aliphatic carbocycles. The Bertz CT molecular complexity index is 1910. The van der Waals surface area contributed by atoms with Crippen LogP contribution in [0.5, 0.6) is 0 Å². The van der Waals surface area contributed by atoms with Crippen LogP contribution in [0.4, 0.5) is 0 Å². The minimum atomic E-state index is -0.943. The standard InChI is InChI=1S/C54H88N6O14/c1-49(2,3)69-39(61)31-55(32-40(62)70-50(4,5)6)23-25-57-27-29-59(35-43(65)73-53(13,14)15)47(67)45(57)37-19-21-38(22-20-37)46-48(68)60(36-44(66)74-54(16,17)18)30-28-58(46)26-24-56(33-41(63)71-51(7,8)9)34-42(64)72-52(10,11)12/h19-22,45-46H,23-36H2,1-18H3. The van der Waals surface area contributed by atoms with Crippen molar-refractivity contribution in [3.05, 3.63) is 35.4 Å². The molecule has 2 aliphatic heterocycles. The quantitative estimate of drug-likeness (QED) is 0.128. The van der Waals surface area contributed by atoms with E-state index in [0.29, 0.717) is 24.2 Å². The van der Waals surface area contributed by atoms with Crippen LogP contribution in [0.2, 0.25) is 0 Å². The zero-order valence-corrected chi connectivity index (χ0v) is 47.8. The molecule has 2 saturated heterocycles. The van der Waals surface area contributed by atoms with Crippen LogP contribution in [0, 0.1) is 0 Å². The highest BCUT2D eigenvalue weighted by molar-refractivity contribution is 5.89. The number of hydrogen-bond donors (Lipinski definition) is 0. The van der Waals surface area contributed by atoms with Gasteiger partial charge >= 0.3 is 35.8 Å². The summed E-state index contributed by atoms with van der Waals surface area (Å²) in [6.07, 6.45) is 0. The highest BCUT2D eigenvalue weighted by Gasteiger charge is 2.41. The Morgan fingerprint density at radius 2 is 0.635 bits per heavy atom. The van der Waals surface area contributed by atoms with Crippen molar-refractivity contribution in [2.45, 2.75) is 170 Å². The number of nitrogens with zero attached hydrogens (tertiary/aromatic N) is 6. The van der Waals surface area contributed by atoms with Gasteiger partial charge in [0.2, 0.25) is 11.8 Å². The molecule has 20 heteroatoms. The van der Waals surface area contributed by atoms with Crippen molar-refractivity contribution in [1.29, 1.82) is 0 Å². The maximum Gasteiger partial charge on any atom is 0.326 e. The molecule has 2 unspecified atom stereocenters. The van der Waals surface area contributed by atoms with Crippen molar-refractivity contribution < 1.29 is 66.8 Å². The van der Waals surface area contributed by atoms with Crippen molar-refractivity contribution in [3.63, 3.8) is 0 Å². The van der Waals surface area contributed by atoms with Gasteiger partial charge in [0.1, 0.15) is 58.8 Å². The number of piperazine rings is 2. The summed E-state index contributed by atoms with van der Waals surface area (Å²) >= 11 is 0. The van der Waals surface area contributed by atoms with E-state index in [4.69, 9.17) is 28.4 Å². The summed E-state index contributed by atoms with van der Waals surface area (Å²) in [7, 11) is 0. The predicted octanol–water partition coefficient (Wildman–Crippen LogP) is 4.71. The molecule has 1 aromatic carbocycles. The fourth-order valence-electron chi connectivity index (χ4n) is 8.25. The minimum absolute atomic E-state index is 0.157. The Labute approximate surface area is 439 Å².